The van der Waals surface area contributed by atoms with Crippen molar-refractivity contribution in [1.29, 1.82) is 0 Å². The van der Waals surface area contributed by atoms with Gasteiger partial charge in [0, 0.05) is 14.1 Å². The number of rotatable bonds is 5. The quantitative estimate of drug-likeness (QED) is 0.700. The zero-order chi connectivity index (χ0) is 15.0. The van der Waals surface area contributed by atoms with Gasteiger partial charge in [0.05, 0.1) is 23.5 Å². The van der Waals surface area contributed by atoms with Gasteiger partial charge in [-0.1, -0.05) is 6.07 Å². The minimum atomic E-state index is -3.58. The maximum absolute atomic E-state index is 12.2. The molecule has 0 aliphatic heterocycles. The van der Waals surface area contributed by atoms with Crippen molar-refractivity contribution in [2.24, 2.45) is 0 Å². The van der Waals surface area contributed by atoms with Crippen LogP contribution in [0.4, 0.5) is 11.4 Å². The number of benzene rings is 1. The topological polar surface area (TPSA) is 95.7 Å². The third-order valence-corrected chi connectivity index (χ3v) is 5.71. The van der Waals surface area contributed by atoms with Gasteiger partial charge in [0.1, 0.15) is 4.90 Å². The van der Waals surface area contributed by atoms with Crippen molar-refractivity contribution in [1.82, 2.24) is 4.31 Å². The molecule has 0 saturated heterocycles. The van der Waals surface area contributed by atoms with Crippen molar-refractivity contribution in [2.75, 3.05) is 31.8 Å². The van der Waals surface area contributed by atoms with Gasteiger partial charge in [0.15, 0.2) is 0 Å². The average Bonchev–Trinajstić information content (AvgIpc) is 2.35. The number of nitrogens with zero attached hydrogens (tertiary/aromatic N) is 1. The van der Waals surface area contributed by atoms with Crippen LogP contribution in [0.1, 0.15) is 19.3 Å². The molecule has 6 nitrogen and oxygen atoms in total. The van der Waals surface area contributed by atoms with Crippen LogP contribution < -0.4 is 11.1 Å². The Kier molecular flexibility index (Phi) is 3.95. The van der Waals surface area contributed by atoms with Crippen LogP contribution in [0.25, 0.3) is 0 Å². The number of nitrogen functional groups attached to an aromatic ring is 1. The molecule has 20 heavy (non-hydrogen) atoms. The van der Waals surface area contributed by atoms with Gasteiger partial charge in [-0.2, -0.15) is 0 Å². The Bertz CT molecular complexity index is 589. The van der Waals surface area contributed by atoms with E-state index >= 15 is 0 Å². The zero-order valence-corrected chi connectivity index (χ0v) is 12.6. The predicted molar refractivity (Wildman–Crippen MR) is 79.0 cm³/mol. The van der Waals surface area contributed by atoms with Crippen LogP contribution in [-0.4, -0.2) is 44.1 Å². The summed E-state index contributed by atoms with van der Waals surface area (Å²) in [6.45, 7) is 0.0110. The Morgan fingerprint density at radius 1 is 1.40 bits per heavy atom. The second kappa shape index (κ2) is 5.23. The fourth-order valence-electron chi connectivity index (χ4n) is 2.29. The smallest absolute Gasteiger partial charge is 0.244 e. The molecule has 112 valence electrons. The Morgan fingerprint density at radius 2 is 2.05 bits per heavy atom. The summed E-state index contributed by atoms with van der Waals surface area (Å²) in [6, 6.07) is 4.88. The molecular formula is C13H21N3O3S. The van der Waals surface area contributed by atoms with Crippen molar-refractivity contribution in [3.05, 3.63) is 18.2 Å². The maximum Gasteiger partial charge on any atom is 0.244 e. The van der Waals surface area contributed by atoms with Gasteiger partial charge in [-0.05, 0) is 31.4 Å². The number of hydrogen-bond acceptors (Lipinski definition) is 5. The largest absolute Gasteiger partial charge is 0.396 e. The molecule has 1 fully saturated rings. The lowest BCUT2D eigenvalue weighted by Crippen LogP contribution is -2.48. The molecule has 0 atom stereocenters. The molecule has 2 rings (SSSR count). The second-order valence-electron chi connectivity index (χ2n) is 5.42. The number of anilines is 2. The average molecular weight is 299 g/mol. The number of hydrogen-bond donors (Lipinski definition) is 3. The molecule has 0 unspecified atom stereocenters. The zero-order valence-electron chi connectivity index (χ0n) is 11.8. The van der Waals surface area contributed by atoms with Crippen LogP contribution >= 0.6 is 0 Å². The Morgan fingerprint density at radius 3 is 2.50 bits per heavy atom. The van der Waals surface area contributed by atoms with Crippen molar-refractivity contribution >= 4 is 21.4 Å². The number of nitrogens with one attached hydrogen (secondary N) is 1. The first-order valence-electron chi connectivity index (χ1n) is 6.52. The maximum atomic E-state index is 12.2. The molecule has 1 aromatic carbocycles. The Labute approximate surface area is 119 Å². The Balaban J connectivity index is 2.38. The van der Waals surface area contributed by atoms with Crippen LogP contribution in [0.15, 0.2) is 23.1 Å². The summed E-state index contributed by atoms with van der Waals surface area (Å²) in [5.41, 5.74) is 6.38. The molecule has 1 aromatic rings. The third kappa shape index (κ3) is 2.48. The molecule has 0 heterocycles. The van der Waals surface area contributed by atoms with Crippen LogP contribution in [0.2, 0.25) is 0 Å². The molecule has 0 amide bonds. The Hall–Kier alpha value is -1.31. The van der Waals surface area contributed by atoms with Crippen LogP contribution in [0.3, 0.4) is 0 Å². The van der Waals surface area contributed by atoms with E-state index in [1.807, 2.05) is 0 Å². The molecule has 0 radical (unpaired) electrons. The number of nitrogens with two attached hydrogens (primary N) is 1. The highest BCUT2D eigenvalue weighted by molar-refractivity contribution is 7.89. The van der Waals surface area contributed by atoms with Gasteiger partial charge in [-0.25, -0.2) is 12.7 Å². The van der Waals surface area contributed by atoms with E-state index in [0.717, 1.165) is 23.6 Å². The molecule has 7 heteroatoms. The van der Waals surface area contributed by atoms with Gasteiger partial charge >= 0.3 is 0 Å². The minimum Gasteiger partial charge on any atom is -0.396 e. The molecule has 1 aliphatic rings. The monoisotopic (exact) mass is 299 g/mol. The van der Waals surface area contributed by atoms with Gasteiger partial charge in [-0.15, -0.1) is 0 Å². The molecular weight excluding hydrogens is 278 g/mol. The van der Waals surface area contributed by atoms with Crippen molar-refractivity contribution in [3.8, 4) is 0 Å². The summed E-state index contributed by atoms with van der Waals surface area (Å²) in [6.07, 6.45) is 2.75. The fraction of sp³-hybridized carbons (Fsp3) is 0.538. The summed E-state index contributed by atoms with van der Waals surface area (Å²) >= 11 is 0. The number of sulfonamides is 1. The lowest BCUT2D eigenvalue weighted by atomic mass is 9.77. The molecule has 0 aromatic heterocycles. The summed E-state index contributed by atoms with van der Waals surface area (Å²) in [5.74, 6) is 0. The van der Waals surface area contributed by atoms with Crippen molar-refractivity contribution < 1.29 is 13.5 Å². The first-order valence-corrected chi connectivity index (χ1v) is 7.96. The third-order valence-electron chi connectivity index (χ3n) is 3.84. The van der Waals surface area contributed by atoms with Crippen LogP contribution in [0, 0.1) is 0 Å². The van der Waals surface area contributed by atoms with E-state index < -0.39 is 10.0 Å². The first kappa shape index (κ1) is 15.1. The number of aliphatic hydroxyl groups is 1. The van der Waals surface area contributed by atoms with Crippen molar-refractivity contribution in [3.63, 3.8) is 0 Å². The highest BCUT2D eigenvalue weighted by Gasteiger charge is 2.37. The van der Waals surface area contributed by atoms with E-state index in [4.69, 9.17) is 5.73 Å². The van der Waals surface area contributed by atoms with Crippen LogP contribution in [-0.2, 0) is 10.0 Å². The molecule has 1 aliphatic carbocycles. The molecule has 0 spiro atoms. The number of para-hydroxylation sites is 1. The van der Waals surface area contributed by atoms with Crippen molar-refractivity contribution in [2.45, 2.75) is 29.7 Å². The van der Waals surface area contributed by atoms with Crippen LogP contribution in [0.5, 0.6) is 0 Å². The standard InChI is InChI=1S/C13H21N3O3S/c1-16(2)20(18,19)11-6-3-5-10(12(11)14)15-13(9-17)7-4-8-13/h3,5-6,15,17H,4,7-9,14H2,1-2H3. The molecule has 4 N–H and O–H groups in total. The predicted octanol–water partition coefficient (Wildman–Crippen LogP) is 0.846. The summed E-state index contributed by atoms with van der Waals surface area (Å²) in [4.78, 5) is 0.0833. The van der Waals surface area contributed by atoms with Gasteiger partial charge in [-0.3, -0.25) is 0 Å². The molecule has 1 saturated carbocycles. The fourth-order valence-corrected chi connectivity index (χ4v) is 3.32. The SMILES string of the molecule is CN(C)S(=O)(=O)c1cccc(NC2(CO)CCC2)c1N. The second-order valence-corrected chi connectivity index (χ2v) is 7.54. The van der Waals surface area contributed by atoms with E-state index in [1.165, 1.54) is 20.2 Å². The van der Waals surface area contributed by atoms with E-state index in [9.17, 15) is 13.5 Å². The van der Waals surface area contributed by atoms with E-state index in [2.05, 4.69) is 5.32 Å². The van der Waals surface area contributed by atoms with Gasteiger partial charge in [0.2, 0.25) is 10.0 Å². The lowest BCUT2D eigenvalue weighted by molar-refractivity contribution is 0.144. The minimum absolute atomic E-state index is 0.0110. The summed E-state index contributed by atoms with van der Waals surface area (Å²) < 4.78 is 25.5. The highest BCUT2D eigenvalue weighted by Crippen LogP contribution is 2.38. The normalized spacial score (nSPS) is 17.8. The lowest BCUT2D eigenvalue weighted by Gasteiger charge is -2.42. The first-order chi connectivity index (χ1) is 9.32. The number of aliphatic hydroxyl groups excluding tert-OH is 1. The highest BCUT2D eigenvalue weighted by atomic mass is 32.2. The summed E-state index contributed by atoms with van der Waals surface area (Å²) in [7, 11) is -0.639. The van der Waals surface area contributed by atoms with E-state index in [-0.39, 0.29) is 22.7 Å². The summed E-state index contributed by atoms with van der Waals surface area (Å²) in [5, 5.41) is 12.7. The van der Waals surface area contributed by atoms with Gasteiger partial charge in [0.25, 0.3) is 0 Å². The van der Waals surface area contributed by atoms with Gasteiger partial charge < -0.3 is 16.2 Å². The van der Waals surface area contributed by atoms with E-state index in [1.54, 1.807) is 12.1 Å². The molecule has 0 bridgehead atoms. The van der Waals surface area contributed by atoms with E-state index in [0.29, 0.717) is 5.69 Å².